The van der Waals surface area contributed by atoms with Crippen LogP contribution in [0.4, 0.5) is 13.2 Å². The molecule has 0 aliphatic rings. The standard InChI is InChI=1S/C3H3F3N2O2/c4-3(5,6)1(9)10-2(7)8/h(H3,7,8). The molecule has 0 aromatic rings. The van der Waals surface area contributed by atoms with Crippen molar-refractivity contribution in [3.05, 3.63) is 0 Å². The van der Waals surface area contributed by atoms with Gasteiger partial charge in [-0.1, -0.05) is 0 Å². The maximum atomic E-state index is 11.2. The first kappa shape index (κ1) is 8.73. The number of nitrogens with one attached hydrogen (secondary N) is 1. The minimum Gasteiger partial charge on any atom is -0.386 e. The summed E-state index contributed by atoms with van der Waals surface area (Å²) in [4.78, 5) is 9.71. The van der Waals surface area contributed by atoms with Gasteiger partial charge in [0.1, 0.15) is 0 Å². The molecule has 0 radical (unpaired) electrons. The van der Waals surface area contributed by atoms with Gasteiger partial charge in [0, 0.05) is 0 Å². The number of ether oxygens (including phenoxy) is 1. The predicted octanol–water partition coefficient (Wildman–Crippen LogP) is -0.0146. The number of rotatable bonds is 0. The highest BCUT2D eigenvalue weighted by atomic mass is 19.4. The second-order valence-corrected chi connectivity index (χ2v) is 1.25. The zero-order valence-electron chi connectivity index (χ0n) is 4.53. The monoisotopic (exact) mass is 156 g/mol. The largest absolute Gasteiger partial charge is 0.491 e. The SMILES string of the molecule is N=C(N)OC(=O)C(F)(F)F. The molecule has 0 atom stereocenters. The highest BCUT2D eigenvalue weighted by Crippen LogP contribution is 2.15. The van der Waals surface area contributed by atoms with Crippen molar-refractivity contribution in [1.29, 1.82) is 5.41 Å². The molecule has 0 aromatic carbocycles. The smallest absolute Gasteiger partial charge is 0.386 e. The lowest BCUT2D eigenvalue weighted by Gasteiger charge is -2.02. The van der Waals surface area contributed by atoms with Crippen LogP contribution in [0.5, 0.6) is 0 Å². The number of hydrogen-bond donors (Lipinski definition) is 2. The van der Waals surface area contributed by atoms with Crippen molar-refractivity contribution in [2.45, 2.75) is 6.18 Å². The summed E-state index contributed by atoms with van der Waals surface area (Å²) in [6, 6.07) is -1.28. The zero-order valence-corrected chi connectivity index (χ0v) is 4.53. The summed E-state index contributed by atoms with van der Waals surface area (Å²) < 4.78 is 36.8. The number of halogens is 3. The Kier molecular flexibility index (Phi) is 2.22. The van der Waals surface area contributed by atoms with E-state index in [1.54, 1.807) is 0 Å². The molecule has 0 saturated heterocycles. The first-order chi connectivity index (χ1) is 4.34. The van der Waals surface area contributed by atoms with Crippen LogP contribution in [0.25, 0.3) is 0 Å². The van der Waals surface area contributed by atoms with Crippen molar-refractivity contribution in [2.24, 2.45) is 5.73 Å². The summed E-state index contributed by atoms with van der Waals surface area (Å²) in [5, 5.41) is 6.14. The van der Waals surface area contributed by atoms with Gasteiger partial charge >= 0.3 is 12.1 Å². The molecule has 0 amide bonds. The summed E-state index contributed by atoms with van der Waals surface area (Å²) in [7, 11) is 0. The van der Waals surface area contributed by atoms with E-state index in [0.29, 0.717) is 0 Å². The minimum absolute atomic E-state index is 1.28. The molecular formula is C3H3F3N2O2. The van der Waals surface area contributed by atoms with Crippen molar-refractivity contribution in [3.8, 4) is 0 Å². The summed E-state index contributed by atoms with van der Waals surface area (Å²) in [6.07, 6.45) is -5.09. The fourth-order valence-corrected chi connectivity index (χ4v) is 0.158. The molecule has 4 nitrogen and oxygen atoms in total. The molecule has 10 heavy (non-hydrogen) atoms. The predicted molar refractivity (Wildman–Crippen MR) is 24.1 cm³/mol. The zero-order chi connectivity index (χ0) is 8.36. The topological polar surface area (TPSA) is 76.2 Å². The lowest BCUT2D eigenvalue weighted by atomic mass is 10.7. The molecule has 0 heterocycles. The van der Waals surface area contributed by atoms with Crippen molar-refractivity contribution < 1.29 is 22.7 Å². The second kappa shape index (κ2) is 2.54. The number of carbonyl (C=O) groups is 1. The molecule has 0 rings (SSSR count). The van der Waals surface area contributed by atoms with E-state index >= 15 is 0 Å². The first-order valence-electron chi connectivity index (χ1n) is 1.97. The van der Waals surface area contributed by atoms with Gasteiger partial charge in [-0.3, -0.25) is 5.41 Å². The van der Waals surface area contributed by atoms with Gasteiger partial charge in [0.25, 0.3) is 6.02 Å². The number of amidine groups is 1. The third kappa shape index (κ3) is 2.90. The number of alkyl halides is 3. The van der Waals surface area contributed by atoms with Crippen LogP contribution in [0.2, 0.25) is 0 Å². The van der Waals surface area contributed by atoms with Crippen LogP contribution in [-0.2, 0) is 9.53 Å². The van der Waals surface area contributed by atoms with E-state index in [0.717, 1.165) is 0 Å². The molecule has 0 saturated carbocycles. The lowest BCUT2D eigenvalue weighted by molar-refractivity contribution is -0.191. The van der Waals surface area contributed by atoms with E-state index in [-0.39, 0.29) is 0 Å². The van der Waals surface area contributed by atoms with Crippen molar-refractivity contribution >= 4 is 12.0 Å². The molecule has 0 aliphatic carbocycles. The molecule has 3 N–H and O–H groups in total. The Morgan fingerprint density at radius 2 is 1.90 bits per heavy atom. The maximum absolute atomic E-state index is 11.2. The second-order valence-electron chi connectivity index (χ2n) is 1.25. The molecule has 7 heteroatoms. The number of esters is 1. The van der Waals surface area contributed by atoms with Gasteiger partial charge in [-0.05, 0) is 0 Å². The normalized spacial score (nSPS) is 10.7. The Morgan fingerprint density at radius 1 is 1.50 bits per heavy atom. The summed E-state index contributed by atoms with van der Waals surface area (Å²) in [5.74, 6) is -2.49. The van der Waals surface area contributed by atoms with E-state index in [4.69, 9.17) is 5.41 Å². The van der Waals surface area contributed by atoms with Gasteiger partial charge in [0.15, 0.2) is 0 Å². The van der Waals surface area contributed by atoms with E-state index in [1.165, 1.54) is 0 Å². The quantitative estimate of drug-likeness (QED) is 0.294. The third-order valence-electron chi connectivity index (χ3n) is 0.434. The average Bonchev–Trinajstić information content (AvgIpc) is 1.60. The van der Waals surface area contributed by atoms with Crippen LogP contribution in [0.3, 0.4) is 0 Å². The van der Waals surface area contributed by atoms with Crippen molar-refractivity contribution in [1.82, 2.24) is 0 Å². The molecule has 0 spiro atoms. The molecule has 0 aliphatic heterocycles. The van der Waals surface area contributed by atoms with Crippen LogP contribution in [0.15, 0.2) is 0 Å². The number of carbonyl (C=O) groups excluding carboxylic acids is 1. The Morgan fingerprint density at radius 3 is 2.00 bits per heavy atom. The van der Waals surface area contributed by atoms with Gasteiger partial charge in [0.05, 0.1) is 0 Å². The van der Waals surface area contributed by atoms with Crippen LogP contribution in [0, 0.1) is 5.41 Å². The van der Waals surface area contributed by atoms with E-state index in [2.05, 4.69) is 10.5 Å². The summed E-state index contributed by atoms with van der Waals surface area (Å²) in [6.45, 7) is 0. The Labute approximate surface area is 53.3 Å². The number of hydrogen-bond acceptors (Lipinski definition) is 3. The van der Waals surface area contributed by atoms with Crippen LogP contribution >= 0.6 is 0 Å². The Bertz CT molecular complexity index is 164. The van der Waals surface area contributed by atoms with Crippen molar-refractivity contribution in [3.63, 3.8) is 0 Å². The highest BCUT2D eigenvalue weighted by molar-refractivity contribution is 5.87. The van der Waals surface area contributed by atoms with Crippen LogP contribution < -0.4 is 5.73 Å². The highest BCUT2D eigenvalue weighted by Gasteiger charge is 2.41. The van der Waals surface area contributed by atoms with Gasteiger partial charge in [0.2, 0.25) is 0 Å². The van der Waals surface area contributed by atoms with Gasteiger partial charge in [-0.15, -0.1) is 0 Å². The van der Waals surface area contributed by atoms with Crippen LogP contribution in [0.1, 0.15) is 0 Å². The number of nitrogens with two attached hydrogens (primary N) is 1. The molecular weight excluding hydrogens is 153 g/mol. The molecule has 58 valence electrons. The molecule has 0 fully saturated rings. The van der Waals surface area contributed by atoms with Gasteiger partial charge in [-0.25, -0.2) is 4.79 Å². The molecule has 0 unspecified atom stereocenters. The van der Waals surface area contributed by atoms with E-state index in [9.17, 15) is 18.0 Å². The van der Waals surface area contributed by atoms with Crippen molar-refractivity contribution in [2.75, 3.05) is 0 Å². The van der Waals surface area contributed by atoms with Crippen LogP contribution in [-0.4, -0.2) is 18.2 Å². The fourth-order valence-electron chi connectivity index (χ4n) is 0.158. The fraction of sp³-hybridized carbons (Fsp3) is 0.333. The summed E-state index contributed by atoms with van der Waals surface area (Å²) >= 11 is 0. The van der Waals surface area contributed by atoms with E-state index in [1.807, 2.05) is 0 Å². The molecule has 0 bridgehead atoms. The first-order valence-corrected chi connectivity index (χ1v) is 1.97. The molecule has 0 aromatic heterocycles. The Balaban J connectivity index is 3.99. The third-order valence-corrected chi connectivity index (χ3v) is 0.434. The maximum Gasteiger partial charge on any atom is 0.491 e. The van der Waals surface area contributed by atoms with E-state index < -0.39 is 18.2 Å². The Hall–Kier alpha value is -1.27. The van der Waals surface area contributed by atoms with Gasteiger partial charge in [-0.2, -0.15) is 13.2 Å². The summed E-state index contributed by atoms with van der Waals surface area (Å²) in [5.41, 5.74) is 4.33. The van der Waals surface area contributed by atoms with Gasteiger partial charge < -0.3 is 10.5 Å². The lowest BCUT2D eigenvalue weighted by Crippen LogP contribution is -2.30. The average molecular weight is 156 g/mol. The minimum atomic E-state index is -5.09.